The third-order valence-corrected chi connectivity index (χ3v) is 4.45. The minimum Gasteiger partial charge on any atom is -0.496 e. The van der Waals surface area contributed by atoms with E-state index in [1.54, 1.807) is 7.11 Å². The zero-order valence-corrected chi connectivity index (χ0v) is 14.9. The lowest BCUT2D eigenvalue weighted by Gasteiger charge is -2.20. The number of halogens is 1. The lowest BCUT2D eigenvalue weighted by Crippen LogP contribution is -2.15. The first-order valence-electron chi connectivity index (χ1n) is 7.68. The second-order valence-electron chi connectivity index (χ2n) is 5.46. The van der Waals surface area contributed by atoms with E-state index < -0.39 is 5.92 Å². The SMILES string of the molecule is COc1cc(Br)ccc1[C@@H](C(=O)c1ccccc1)c1ccccc1. The Balaban J connectivity index is 2.15. The van der Waals surface area contributed by atoms with Crippen LogP contribution in [-0.4, -0.2) is 12.9 Å². The maximum Gasteiger partial charge on any atom is 0.174 e. The van der Waals surface area contributed by atoms with E-state index >= 15 is 0 Å². The Morgan fingerprint density at radius 1 is 0.917 bits per heavy atom. The van der Waals surface area contributed by atoms with Crippen molar-refractivity contribution < 1.29 is 9.53 Å². The highest BCUT2D eigenvalue weighted by Crippen LogP contribution is 2.36. The molecule has 0 fully saturated rings. The molecule has 0 aromatic heterocycles. The molecule has 0 heterocycles. The maximum atomic E-state index is 13.2. The van der Waals surface area contributed by atoms with Crippen LogP contribution >= 0.6 is 15.9 Å². The summed E-state index contributed by atoms with van der Waals surface area (Å²) >= 11 is 3.46. The molecule has 0 saturated heterocycles. The minimum atomic E-state index is -0.406. The fraction of sp³-hybridized carbons (Fsp3) is 0.0952. The van der Waals surface area contributed by atoms with E-state index in [0.717, 1.165) is 15.6 Å². The molecule has 0 amide bonds. The van der Waals surface area contributed by atoms with E-state index in [1.807, 2.05) is 78.9 Å². The second-order valence-corrected chi connectivity index (χ2v) is 6.38. The lowest BCUT2D eigenvalue weighted by molar-refractivity contribution is 0.0972. The molecule has 24 heavy (non-hydrogen) atoms. The molecule has 120 valence electrons. The van der Waals surface area contributed by atoms with Crippen LogP contribution in [0.3, 0.4) is 0 Å². The van der Waals surface area contributed by atoms with Gasteiger partial charge in [0, 0.05) is 15.6 Å². The molecule has 0 aliphatic heterocycles. The maximum absolute atomic E-state index is 13.2. The highest BCUT2D eigenvalue weighted by Gasteiger charge is 2.26. The van der Waals surface area contributed by atoms with Crippen molar-refractivity contribution in [2.45, 2.75) is 5.92 Å². The number of ketones is 1. The molecule has 0 N–H and O–H groups in total. The highest BCUT2D eigenvalue weighted by atomic mass is 79.9. The summed E-state index contributed by atoms with van der Waals surface area (Å²) in [7, 11) is 1.63. The minimum absolute atomic E-state index is 0.0578. The molecule has 0 aliphatic carbocycles. The van der Waals surface area contributed by atoms with Crippen molar-refractivity contribution in [2.75, 3.05) is 7.11 Å². The van der Waals surface area contributed by atoms with Gasteiger partial charge in [0.1, 0.15) is 5.75 Å². The number of Topliss-reactive ketones (excluding diaryl/α,β-unsaturated/α-hetero) is 1. The zero-order chi connectivity index (χ0) is 16.9. The molecular formula is C21H17BrO2. The number of hydrogen-bond acceptors (Lipinski definition) is 2. The van der Waals surface area contributed by atoms with E-state index in [2.05, 4.69) is 15.9 Å². The molecule has 3 heteroatoms. The number of benzene rings is 3. The molecule has 0 saturated carbocycles. The molecule has 2 nitrogen and oxygen atoms in total. The van der Waals surface area contributed by atoms with Crippen molar-refractivity contribution in [1.82, 2.24) is 0 Å². The van der Waals surface area contributed by atoms with Gasteiger partial charge in [0.2, 0.25) is 0 Å². The van der Waals surface area contributed by atoms with Gasteiger partial charge in [-0.05, 0) is 17.7 Å². The lowest BCUT2D eigenvalue weighted by atomic mass is 9.84. The number of ether oxygens (including phenoxy) is 1. The summed E-state index contributed by atoms with van der Waals surface area (Å²) in [6, 6.07) is 25.0. The number of carbonyl (C=O) groups is 1. The van der Waals surface area contributed by atoms with Crippen LogP contribution in [0.2, 0.25) is 0 Å². The summed E-state index contributed by atoms with van der Waals surface area (Å²) in [6.07, 6.45) is 0. The quantitative estimate of drug-likeness (QED) is 0.548. The van der Waals surface area contributed by atoms with Gasteiger partial charge in [0.25, 0.3) is 0 Å². The Labute approximate surface area is 150 Å². The van der Waals surface area contributed by atoms with Crippen molar-refractivity contribution in [3.8, 4) is 5.75 Å². The molecule has 0 aliphatic rings. The summed E-state index contributed by atoms with van der Waals surface area (Å²) in [5, 5.41) is 0. The van der Waals surface area contributed by atoms with Gasteiger partial charge in [-0.1, -0.05) is 82.7 Å². The van der Waals surface area contributed by atoms with Gasteiger partial charge in [-0.15, -0.1) is 0 Å². The Hall–Kier alpha value is -2.39. The highest BCUT2D eigenvalue weighted by molar-refractivity contribution is 9.10. The first-order chi connectivity index (χ1) is 11.7. The number of carbonyl (C=O) groups excluding carboxylic acids is 1. The molecule has 3 aromatic carbocycles. The summed E-state index contributed by atoms with van der Waals surface area (Å²) in [6.45, 7) is 0. The summed E-state index contributed by atoms with van der Waals surface area (Å²) in [5.41, 5.74) is 2.50. The largest absolute Gasteiger partial charge is 0.496 e. The van der Waals surface area contributed by atoms with Crippen LogP contribution in [0.25, 0.3) is 0 Å². The first kappa shape index (κ1) is 16.5. The van der Waals surface area contributed by atoms with Crippen LogP contribution in [0.15, 0.2) is 83.3 Å². The van der Waals surface area contributed by atoms with E-state index in [-0.39, 0.29) is 5.78 Å². The molecule has 3 rings (SSSR count). The number of methoxy groups -OCH3 is 1. The standard InChI is InChI=1S/C21H17BrO2/c1-24-19-14-17(22)12-13-18(19)20(15-8-4-2-5-9-15)21(23)16-10-6-3-7-11-16/h2-14,20H,1H3/t20-/m0/s1. The number of rotatable bonds is 5. The summed E-state index contributed by atoms with van der Waals surface area (Å²) < 4.78 is 6.45. The van der Waals surface area contributed by atoms with Crippen LogP contribution in [0.1, 0.15) is 27.4 Å². The van der Waals surface area contributed by atoms with Crippen molar-refractivity contribution in [3.05, 3.63) is 100 Å². The molecule has 1 atom stereocenters. The Morgan fingerprint density at radius 2 is 1.54 bits per heavy atom. The Kier molecular flexibility index (Phi) is 5.11. The van der Waals surface area contributed by atoms with Gasteiger partial charge in [-0.3, -0.25) is 4.79 Å². The van der Waals surface area contributed by atoms with Gasteiger partial charge in [-0.2, -0.15) is 0 Å². The van der Waals surface area contributed by atoms with E-state index in [4.69, 9.17) is 4.74 Å². The van der Waals surface area contributed by atoms with E-state index in [1.165, 1.54) is 0 Å². The van der Waals surface area contributed by atoms with Crippen molar-refractivity contribution in [1.29, 1.82) is 0 Å². The molecular weight excluding hydrogens is 364 g/mol. The Bertz CT molecular complexity index is 829. The molecule has 0 bridgehead atoms. The fourth-order valence-corrected chi connectivity index (χ4v) is 3.15. The fourth-order valence-electron chi connectivity index (χ4n) is 2.81. The molecule has 0 unspecified atom stereocenters. The van der Waals surface area contributed by atoms with Gasteiger partial charge in [0.05, 0.1) is 13.0 Å². The zero-order valence-electron chi connectivity index (χ0n) is 13.3. The van der Waals surface area contributed by atoms with Crippen LogP contribution < -0.4 is 4.74 Å². The van der Waals surface area contributed by atoms with E-state index in [9.17, 15) is 4.79 Å². The van der Waals surface area contributed by atoms with Crippen molar-refractivity contribution in [3.63, 3.8) is 0 Å². The topological polar surface area (TPSA) is 26.3 Å². The van der Waals surface area contributed by atoms with E-state index in [0.29, 0.717) is 11.3 Å². The van der Waals surface area contributed by atoms with Crippen LogP contribution in [0.4, 0.5) is 0 Å². The van der Waals surface area contributed by atoms with Gasteiger partial charge in [-0.25, -0.2) is 0 Å². The third-order valence-electron chi connectivity index (χ3n) is 3.96. The average molecular weight is 381 g/mol. The molecule has 0 spiro atoms. The monoisotopic (exact) mass is 380 g/mol. The van der Waals surface area contributed by atoms with Gasteiger partial charge < -0.3 is 4.74 Å². The summed E-state index contributed by atoms with van der Waals surface area (Å²) in [4.78, 5) is 13.2. The van der Waals surface area contributed by atoms with Crippen LogP contribution in [0, 0.1) is 0 Å². The average Bonchev–Trinajstić information content (AvgIpc) is 2.64. The van der Waals surface area contributed by atoms with Gasteiger partial charge in [0.15, 0.2) is 5.78 Å². The molecule has 3 aromatic rings. The van der Waals surface area contributed by atoms with Crippen molar-refractivity contribution >= 4 is 21.7 Å². The predicted molar refractivity (Wildman–Crippen MR) is 99.8 cm³/mol. The third kappa shape index (κ3) is 3.41. The van der Waals surface area contributed by atoms with Crippen molar-refractivity contribution in [2.24, 2.45) is 0 Å². The Morgan fingerprint density at radius 3 is 2.17 bits per heavy atom. The van der Waals surface area contributed by atoms with Gasteiger partial charge >= 0.3 is 0 Å². The van der Waals surface area contributed by atoms with Crippen LogP contribution in [-0.2, 0) is 0 Å². The summed E-state index contributed by atoms with van der Waals surface area (Å²) in [5.74, 6) is 0.349. The van der Waals surface area contributed by atoms with Crippen LogP contribution in [0.5, 0.6) is 5.75 Å². The molecule has 0 radical (unpaired) electrons. The second kappa shape index (κ2) is 7.45. The number of hydrogen-bond donors (Lipinski definition) is 0. The smallest absolute Gasteiger partial charge is 0.174 e. The predicted octanol–water partition coefficient (Wildman–Crippen LogP) is 5.47. The first-order valence-corrected chi connectivity index (χ1v) is 8.47. The normalized spacial score (nSPS) is 11.8.